The van der Waals surface area contributed by atoms with Crippen molar-refractivity contribution in [2.24, 2.45) is 0 Å². The summed E-state index contributed by atoms with van der Waals surface area (Å²) < 4.78 is 0. The van der Waals surface area contributed by atoms with Gasteiger partial charge in [0.15, 0.2) is 0 Å². The minimum Gasteiger partial charge on any atom is -0.345 e. The van der Waals surface area contributed by atoms with E-state index in [1.807, 2.05) is 0 Å². The van der Waals surface area contributed by atoms with E-state index in [1.165, 1.54) is 12.1 Å². The third-order valence-corrected chi connectivity index (χ3v) is 2.08. The van der Waals surface area contributed by atoms with Gasteiger partial charge in [0.25, 0.3) is 5.91 Å². The number of nitrogens with one attached hydrogen (secondary N) is 1. The molecule has 0 aliphatic carbocycles. The zero-order valence-electron chi connectivity index (χ0n) is 7.09. The third kappa shape index (κ3) is 2.72. The highest BCUT2D eigenvalue weighted by Crippen LogP contribution is 2.20. The van der Waals surface area contributed by atoms with Gasteiger partial charge in [0.2, 0.25) is 0 Å². The predicted molar refractivity (Wildman–Crippen MR) is 54.9 cm³/mol. The summed E-state index contributed by atoms with van der Waals surface area (Å²) in [5.41, 5.74) is 0.265. The Kier molecular flexibility index (Phi) is 3.92. The van der Waals surface area contributed by atoms with E-state index >= 15 is 0 Å². The molecule has 5 heteroatoms. The maximum absolute atomic E-state index is 11.4. The van der Waals surface area contributed by atoms with Gasteiger partial charge in [-0.25, -0.2) is 0 Å². The van der Waals surface area contributed by atoms with Crippen LogP contribution < -0.4 is 5.32 Å². The van der Waals surface area contributed by atoms with Crippen molar-refractivity contribution >= 4 is 35.4 Å². The third-order valence-electron chi connectivity index (χ3n) is 1.52. The molecule has 0 spiro atoms. The number of hydrogen-bond acceptors (Lipinski definition) is 2. The average molecular weight is 232 g/mol. The van der Waals surface area contributed by atoms with Crippen molar-refractivity contribution in [1.82, 2.24) is 5.32 Å². The van der Waals surface area contributed by atoms with E-state index < -0.39 is 5.91 Å². The van der Waals surface area contributed by atoms with Gasteiger partial charge in [-0.3, -0.25) is 4.79 Å². The van der Waals surface area contributed by atoms with Crippen LogP contribution in [0.25, 0.3) is 0 Å². The molecule has 1 aromatic carbocycles. The van der Waals surface area contributed by atoms with Crippen LogP contribution in [0.4, 0.5) is 0 Å². The fourth-order valence-corrected chi connectivity index (χ4v) is 1.28. The van der Waals surface area contributed by atoms with Crippen molar-refractivity contribution in [3.63, 3.8) is 0 Å². The molecule has 0 radical (unpaired) electrons. The maximum Gasteiger partial charge on any atom is 0.253 e. The first-order valence-electron chi connectivity index (χ1n) is 3.82. The molecule has 0 atom stereocenters. The second-order valence-electron chi connectivity index (χ2n) is 2.50. The summed E-state index contributed by atoms with van der Waals surface area (Å²) in [6.07, 6.45) is 0.594. The second kappa shape index (κ2) is 4.98. The van der Waals surface area contributed by atoms with Gasteiger partial charge in [-0.1, -0.05) is 23.2 Å². The van der Waals surface area contributed by atoms with Crippen LogP contribution in [0.2, 0.25) is 10.0 Å². The number of benzene rings is 1. The Morgan fingerprint density at radius 2 is 2.14 bits per heavy atom. The Labute approximate surface area is 91.0 Å². The number of halogens is 2. The average Bonchev–Trinajstić information content (AvgIpc) is 2.18. The largest absolute Gasteiger partial charge is 0.345 e. The molecule has 3 nitrogen and oxygen atoms in total. The molecule has 0 unspecified atom stereocenters. The normalized spacial score (nSPS) is 9.57. The lowest BCUT2D eigenvalue weighted by molar-refractivity contribution is -0.107. The molecule has 0 saturated carbocycles. The van der Waals surface area contributed by atoms with E-state index in [0.29, 0.717) is 16.3 Å². The van der Waals surface area contributed by atoms with Gasteiger partial charge in [-0.2, -0.15) is 0 Å². The van der Waals surface area contributed by atoms with Crippen LogP contribution in [0, 0.1) is 0 Å². The number of rotatable bonds is 3. The summed E-state index contributed by atoms with van der Waals surface area (Å²) in [6.45, 7) is -0.0400. The Hall–Kier alpha value is -1.06. The summed E-state index contributed by atoms with van der Waals surface area (Å²) >= 11 is 11.4. The van der Waals surface area contributed by atoms with Crippen LogP contribution in [-0.2, 0) is 4.79 Å². The molecular weight excluding hydrogens is 225 g/mol. The first kappa shape index (κ1) is 11.0. The topological polar surface area (TPSA) is 46.2 Å². The van der Waals surface area contributed by atoms with Crippen molar-refractivity contribution in [1.29, 1.82) is 0 Å². The molecule has 1 N–H and O–H groups in total. The second-order valence-corrected chi connectivity index (χ2v) is 3.34. The lowest BCUT2D eigenvalue weighted by atomic mass is 10.2. The summed E-state index contributed by atoms with van der Waals surface area (Å²) in [5.74, 6) is -0.412. The molecule has 74 valence electrons. The molecule has 0 aliphatic rings. The van der Waals surface area contributed by atoms with E-state index in [1.54, 1.807) is 6.07 Å². The lowest BCUT2D eigenvalue weighted by Gasteiger charge is -2.03. The zero-order valence-corrected chi connectivity index (χ0v) is 8.60. The van der Waals surface area contributed by atoms with Gasteiger partial charge in [0.05, 0.1) is 17.1 Å². The SMILES string of the molecule is O=CCNC(=O)c1cc(Cl)ccc1Cl. The summed E-state index contributed by atoms with van der Waals surface area (Å²) in [6, 6.07) is 4.56. The molecule has 0 aromatic heterocycles. The van der Waals surface area contributed by atoms with Crippen LogP contribution in [0.3, 0.4) is 0 Å². The molecule has 0 bridgehead atoms. The van der Waals surface area contributed by atoms with Gasteiger partial charge in [-0.15, -0.1) is 0 Å². The number of aldehydes is 1. The minimum absolute atomic E-state index is 0.0400. The number of hydrogen-bond donors (Lipinski definition) is 1. The Balaban J connectivity index is 2.88. The molecule has 1 aromatic rings. The summed E-state index contributed by atoms with van der Waals surface area (Å²) in [4.78, 5) is 21.4. The van der Waals surface area contributed by atoms with Crippen molar-refractivity contribution < 1.29 is 9.59 Å². The smallest absolute Gasteiger partial charge is 0.253 e. The summed E-state index contributed by atoms with van der Waals surface area (Å²) in [5, 5.41) is 3.09. The van der Waals surface area contributed by atoms with Crippen LogP contribution >= 0.6 is 23.2 Å². The van der Waals surface area contributed by atoms with Crippen molar-refractivity contribution in [2.45, 2.75) is 0 Å². The van der Waals surface area contributed by atoms with E-state index in [9.17, 15) is 9.59 Å². The van der Waals surface area contributed by atoms with Crippen LogP contribution in [-0.4, -0.2) is 18.7 Å². The number of carbonyl (C=O) groups is 2. The highest BCUT2D eigenvalue weighted by Gasteiger charge is 2.09. The fraction of sp³-hybridized carbons (Fsp3) is 0.111. The summed E-state index contributed by atoms with van der Waals surface area (Å²) in [7, 11) is 0. The van der Waals surface area contributed by atoms with E-state index in [4.69, 9.17) is 23.2 Å². The monoisotopic (exact) mass is 231 g/mol. The molecule has 1 rings (SSSR count). The predicted octanol–water partition coefficient (Wildman–Crippen LogP) is 1.92. The minimum atomic E-state index is -0.412. The van der Waals surface area contributed by atoms with Crippen LogP contribution in [0.1, 0.15) is 10.4 Å². The van der Waals surface area contributed by atoms with Crippen LogP contribution in [0.5, 0.6) is 0 Å². The fourth-order valence-electron chi connectivity index (χ4n) is 0.901. The Morgan fingerprint density at radius 1 is 1.43 bits per heavy atom. The standard InChI is InChI=1S/C9H7Cl2NO2/c10-6-1-2-8(11)7(5-6)9(14)12-3-4-13/h1-2,4-5H,3H2,(H,12,14). The molecule has 14 heavy (non-hydrogen) atoms. The zero-order chi connectivity index (χ0) is 10.6. The van der Waals surface area contributed by atoms with Crippen molar-refractivity contribution in [3.05, 3.63) is 33.8 Å². The van der Waals surface area contributed by atoms with Gasteiger partial charge in [0.1, 0.15) is 6.29 Å². The molecule has 0 aliphatic heterocycles. The molecule has 0 heterocycles. The Bertz CT molecular complexity index is 366. The Morgan fingerprint density at radius 3 is 2.79 bits per heavy atom. The highest BCUT2D eigenvalue weighted by molar-refractivity contribution is 6.35. The highest BCUT2D eigenvalue weighted by atomic mass is 35.5. The number of amides is 1. The first-order valence-corrected chi connectivity index (χ1v) is 4.57. The van der Waals surface area contributed by atoms with E-state index in [0.717, 1.165) is 0 Å². The number of carbonyl (C=O) groups excluding carboxylic acids is 2. The van der Waals surface area contributed by atoms with Crippen molar-refractivity contribution in [3.8, 4) is 0 Å². The molecule has 0 saturated heterocycles. The van der Waals surface area contributed by atoms with Crippen molar-refractivity contribution in [2.75, 3.05) is 6.54 Å². The molecule has 1 amide bonds. The van der Waals surface area contributed by atoms with E-state index in [-0.39, 0.29) is 12.1 Å². The molecule has 0 fully saturated rings. The maximum atomic E-state index is 11.4. The lowest BCUT2D eigenvalue weighted by Crippen LogP contribution is -2.25. The van der Waals surface area contributed by atoms with Gasteiger partial charge in [-0.05, 0) is 18.2 Å². The molecular formula is C9H7Cl2NO2. The van der Waals surface area contributed by atoms with Gasteiger partial charge in [0, 0.05) is 5.02 Å². The quantitative estimate of drug-likeness (QED) is 0.809. The van der Waals surface area contributed by atoms with Crippen LogP contribution in [0.15, 0.2) is 18.2 Å². The first-order chi connectivity index (χ1) is 6.65. The van der Waals surface area contributed by atoms with Gasteiger partial charge < -0.3 is 10.1 Å². The van der Waals surface area contributed by atoms with E-state index in [2.05, 4.69) is 5.32 Å². The van der Waals surface area contributed by atoms with Gasteiger partial charge >= 0.3 is 0 Å².